The molecule has 0 saturated carbocycles. The molecule has 0 aliphatic carbocycles. The Labute approximate surface area is 88.5 Å². The molecular formula is C11H13FN2O. The van der Waals surface area contributed by atoms with Gasteiger partial charge in [-0.1, -0.05) is 6.07 Å². The van der Waals surface area contributed by atoms with Crippen LogP contribution in [0.15, 0.2) is 18.2 Å². The Morgan fingerprint density at radius 1 is 1.60 bits per heavy atom. The van der Waals surface area contributed by atoms with Gasteiger partial charge in [-0.3, -0.25) is 0 Å². The quantitative estimate of drug-likeness (QED) is 0.823. The van der Waals surface area contributed by atoms with Crippen LogP contribution in [0.3, 0.4) is 0 Å². The molecule has 1 unspecified atom stereocenters. The number of benzene rings is 1. The van der Waals surface area contributed by atoms with Crippen molar-refractivity contribution in [3.05, 3.63) is 29.6 Å². The van der Waals surface area contributed by atoms with Crippen LogP contribution >= 0.6 is 0 Å². The lowest BCUT2D eigenvalue weighted by molar-refractivity contribution is 0.321. The summed E-state index contributed by atoms with van der Waals surface area (Å²) < 4.78 is 18.5. The zero-order chi connectivity index (χ0) is 11.3. The summed E-state index contributed by atoms with van der Waals surface area (Å²) in [4.78, 5) is 0. The van der Waals surface area contributed by atoms with Gasteiger partial charge in [-0.05, 0) is 31.7 Å². The second-order valence-electron chi connectivity index (χ2n) is 2.97. The van der Waals surface area contributed by atoms with Crippen molar-refractivity contribution < 1.29 is 9.13 Å². The van der Waals surface area contributed by atoms with Gasteiger partial charge in [-0.25, -0.2) is 4.39 Å². The minimum absolute atomic E-state index is 0.217. The van der Waals surface area contributed by atoms with E-state index in [0.717, 1.165) is 0 Å². The van der Waals surface area contributed by atoms with Gasteiger partial charge in [0.2, 0.25) is 0 Å². The number of hydrogen-bond acceptors (Lipinski definition) is 3. The summed E-state index contributed by atoms with van der Waals surface area (Å²) >= 11 is 0. The fourth-order valence-corrected chi connectivity index (χ4v) is 1.27. The molecule has 1 atom stereocenters. The van der Waals surface area contributed by atoms with Crippen LogP contribution < -0.4 is 10.1 Å². The first kappa shape index (κ1) is 11.5. The fourth-order valence-electron chi connectivity index (χ4n) is 1.27. The molecule has 0 bridgehead atoms. The number of hydrogen-bond donors (Lipinski definition) is 1. The highest BCUT2D eigenvalue weighted by atomic mass is 19.1. The molecule has 1 N–H and O–H groups in total. The van der Waals surface area contributed by atoms with Gasteiger partial charge in [0.15, 0.2) is 11.6 Å². The van der Waals surface area contributed by atoms with Crippen molar-refractivity contribution >= 4 is 0 Å². The largest absolute Gasteiger partial charge is 0.491 e. The summed E-state index contributed by atoms with van der Waals surface area (Å²) in [5.74, 6) is -0.223. The third-order valence-electron chi connectivity index (χ3n) is 2.01. The van der Waals surface area contributed by atoms with E-state index in [9.17, 15) is 4.39 Å². The van der Waals surface area contributed by atoms with Crippen molar-refractivity contribution in [2.45, 2.75) is 13.0 Å². The molecule has 3 nitrogen and oxygen atoms in total. The number of rotatable bonds is 4. The molecule has 0 radical (unpaired) electrons. The molecule has 0 aliphatic heterocycles. The molecule has 1 aromatic carbocycles. The highest BCUT2D eigenvalue weighted by Crippen LogP contribution is 2.21. The summed E-state index contributed by atoms with van der Waals surface area (Å²) in [5.41, 5.74) is 0.598. The molecule has 0 aromatic heterocycles. The molecular weight excluding hydrogens is 195 g/mol. The molecule has 0 heterocycles. The molecule has 1 aromatic rings. The smallest absolute Gasteiger partial charge is 0.165 e. The molecule has 1 rings (SSSR count). The summed E-state index contributed by atoms with van der Waals surface area (Å²) in [6.07, 6.45) is 0. The molecule has 0 spiro atoms. The Morgan fingerprint density at radius 2 is 2.33 bits per heavy atom. The molecule has 15 heavy (non-hydrogen) atoms. The maximum Gasteiger partial charge on any atom is 0.165 e. The van der Waals surface area contributed by atoms with Crippen LogP contribution in [0, 0.1) is 17.1 Å². The van der Waals surface area contributed by atoms with Crippen LogP contribution in [0.1, 0.15) is 18.5 Å². The summed E-state index contributed by atoms with van der Waals surface area (Å²) in [5, 5.41) is 11.6. The monoisotopic (exact) mass is 208 g/mol. The van der Waals surface area contributed by atoms with Crippen molar-refractivity contribution in [2.24, 2.45) is 0 Å². The van der Waals surface area contributed by atoms with Crippen molar-refractivity contribution in [1.29, 1.82) is 5.26 Å². The lowest BCUT2D eigenvalue weighted by Crippen LogP contribution is -2.14. The van der Waals surface area contributed by atoms with Crippen LogP contribution in [-0.4, -0.2) is 13.7 Å². The maximum atomic E-state index is 13.4. The fraction of sp³-hybridized carbons (Fsp3) is 0.364. The maximum absolute atomic E-state index is 13.4. The minimum atomic E-state index is -0.491. The second kappa shape index (κ2) is 5.32. The van der Waals surface area contributed by atoms with Gasteiger partial charge in [-0.15, -0.1) is 0 Å². The molecule has 0 saturated heterocycles. The van der Waals surface area contributed by atoms with Crippen LogP contribution in [-0.2, 0) is 0 Å². The predicted molar refractivity (Wildman–Crippen MR) is 55.0 cm³/mol. The molecule has 4 heteroatoms. The highest BCUT2D eigenvalue weighted by Gasteiger charge is 2.11. The predicted octanol–water partition coefficient (Wildman–Crippen LogP) is 2.01. The standard InChI is InChI=1S/C11H13FN2O/c1-3-15-11-5-4-8(6-9(11)12)10(7-13)14-2/h4-6,10,14H,3H2,1-2H3. The molecule has 0 amide bonds. The van der Waals surface area contributed by atoms with Crippen LogP contribution in [0.5, 0.6) is 5.75 Å². The zero-order valence-corrected chi connectivity index (χ0v) is 8.75. The lowest BCUT2D eigenvalue weighted by Gasteiger charge is -2.10. The average molecular weight is 208 g/mol. The zero-order valence-electron chi connectivity index (χ0n) is 8.75. The molecule has 0 aliphatic rings. The van der Waals surface area contributed by atoms with Crippen LogP contribution in [0.25, 0.3) is 0 Å². The Balaban J connectivity index is 2.96. The van der Waals surface area contributed by atoms with Gasteiger partial charge in [-0.2, -0.15) is 5.26 Å². The summed E-state index contributed by atoms with van der Waals surface area (Å²) in [7, 11) is 1.66. The Bertz CT molecular complexity index is 373. The third kappa shape index (κ3) is 2.67. The Morgan fingerprint density at radius 3 is 2.80 bits per heavy atom. The van der Waals surface area contributed by atoms with E-state index in [4.69, 9.17) is 10.00 Å². The average Bonchev–Trinajstić information content (AvgIpc) is 2.24. The van der Waals surface area contributed by atoms with E-state index in [1.807, 2.05) is 6.07 Å². The van der Waals surface area contributed by atoms with Gasteiger partial charge >= 0.3 is 0 Å². The number of nitrogens with one attached hydrogen (secondary N) is 1. The van der Waals surface area contributed by atoms with E-state index in [1.54, 1.807) is 20.0 Å². The van der Waals surface area contributed by atoms with Crippen molar-refractivity contribution in [1.82, 2.24) is 5.32 Å². The number of halogens is 1. The van der Waals surface area contributed by atoms with Crippen molar-refractivity contribution in [2.75, 3.05) is 13.7 Å². The van der Waals surface area contributed by atoms with E-state index in [1.165, 1.54) is 12.1 Å². The topological polar surface area (TPSA) is 45.0 Å². The first-order chi connectivity index (χ1) is 7.22. The van der Waals surface area contributed by atoms with E-state index in [-0.39, 0.29) is 5.75 Å². The second-order valence-corrected chi connectivity index (χ2v) is 2.97. The lowest BCUT2D eigenvalue weighted by atomic mass is 10.1. The van der Waals surface area contributed by atoms with Gasteiger partial charge in [0.25, 0.3) is 0 Å². The first-order valence-electron chi connectivity index (χ1n) is 4.72. The van der Waals surface area contributed by atoms with Gasteiger partial charge in [0, 0.05) is 0 Å². The van der Waals surface area contributed by atoms with Crippen molar-refractivity contribution in [3.63, 3.8) is 0 Å². The number of nitrogens with zero attached hydrogens (tertiary/aromatic N) is 1. The SMILES string of the molecule is CCOc1ccc(C(C#N)NC)cc1F. The summed E-state index contributed by atoms with van der Waals surface area (Å²) in [6.45, 7) is 2.21. The van der Waals surface area contributed by atoms with Crippen molar-refractivity contribution in [3.8, 4) is 11.8 Å². The Kier molecular flexibility index (Phi) is 4.07. The normalized spacial score (nSPS) is 11.9. The van der Waals surface area contributed by atoms with Gasteiger partial charge < -0.3 is 10.1 Å². The highest BCUT2D eigenvalue weighted by molar-refractivity contribution is 5.33. The van der Waals surface area contributed by atoms with Crippen LogP contribution in [0.4, 0.5) is 4.39 Å². The van der Waals surface area contributed by atoms with E-state index >= 15 is 0 Å². The van der Waals surface area contributed by atoms with E-state index in [0.29, 0.717) is 12.2 Å². The molecule has 0 fully saturated rings. The third-order valence-corrected chi connectivity index (χ3v) is 2.01. The van der Waals surface area contributed by atoms with Gasteiger partial charge in [0.05, 0.1) is 12.7 Å². The van der Waals surface area contributed by atoms with E-state index in [2.05, 4.69) is 5.32 Å². The number of nitriles is 1. The summed E-state index contributed by atoms with van der Waals surface area (Å²) in [6, 6.07) is 6.07. The number of ether oxygens (including phenoxy) is 1. The van der Waals surface area contributed by atoms with E-state index < -0.39 is 11.9 Å². The molecule has 80 valence electrons. The Hall–Kier alpha value is -1.60. The minimum Gasteiger partial charge on any atom is -0.491 e. The van der Waals surface area contributed by atoms with Gasteiger partial charge in [0.1, 0.15) is 6.04 Å². The first-order valence-corrected chi connectivity index (χ1v) is 4.72. The van der Waals surface area contributed by atoms with Crippen LogP contribution in [0.2, 0.25) is 0 Å².